The summed E-state index contributed by atoms with van der Waals surface area (Å²) in [5, 5.41) is 27.9. The Bertz CT molecular complexity index is 690. The molecule has 0 aliphatic heterocycles. The van der Waals surface area contributed by atoms with Crippen molar-refractivity contribution in [1.29, 1.82) is 10.5 Å². The van der Waals surface area contributed by atoms with E-state index < -0.39 is 0 Å². The van der Waals surface area contributed by atoms with Crippen LogP contribution >= 0.6 is 25.3 Å². The molecule has 1 aromatic rings. The number of guanidine groups is 2. The number of hydrogen-bond acceptors (Lipinski definition) is 8. The van der Waals surface area contributed by atoms with Crippen molar-refractivity contribution in [2.24, 2.45) is 9.98 Å². The summed E-state index contributed by atoms with van der Waals surface area (Å²) in [6, 6.07) is 0. The van der Waals surface area contributed by atoms with Crippen molar-refractivity contribution in [3.05, 3.63) is 23.8 Å². The topological polar surface area (TPSA) is 146 Å². The van der Waals surface area contributed by atoms with E-state index in [2.05, 4.69) is 66.5 Å². The highest BCUT2D eigenvalue weighted by Gasteiger charge is 2.19. The molecule has 1 rings (SSSR count). The van der Waals surface area contributed by atoms with Crippen molar-refractivity contribution >= 4 is 37.2 Å². The van der Waals surface area contributed by atoms with Gasteiger partial charge in [0.2, 0.25) is 11.9 Å². The van der Waals surface area contributed by atoms with Gasteiger partial charge in [-0.05, 0) is 12.8 Å². The van der Waals surface area contributed by atoms with Crippen LogP contribution in [-0.4, -0.2) is 49.1 Å². The lowest BCUT2D eigenvalue weighted by atomic mass is 10.1. The quantitative estimate of drug-likeness (QED) is 0.117. The lowest BCUT2D eigenvalue weighted by molar-refractivity contribution is 0.696. The maximum atomic E-state index is 8.65. The van der Waals surface area contributed by atoms with Crippen LogP contribution in [-0.2, 0) is 0 Å². The van der Waals surface area contributed by atoms with Crippen molar-refractivity contribution in [2.45, 2.75) is 23.3 Å². The van der Waals surface area contributed by atoms with E-state index in [9.17, 15) is 0 Å². The molecule has 0 aliphatic rings. The summed E-state index contributed by atoms with van der Waals surface area (Å²) in [6.07, 6.45) is 8.20. The van der Waals surface area contributed by atoms with Gasteiger partial charge in [0.25, 0.3) is 0 Å². The summed E-state index contributed by atoms with van der Waals surface area (Å²) in [5.41, 5.74) is 1.52. The second-order valence-corrected chi connectivity index (χ2v) is 6.65. The molecule has 28 heavy (non-hydrogen) atoms. The van der Waals surface area contributed by atoms with Crippen LogP contribution in [0.2, 0.25) is 0 Å². The largest absolute Gasteiger partial charge is 0.356 e. The van der Waals surface area contributed by atoms with E-state index in [1.54, 1.807) is 26.5 Å². The molecule has 0 radical (unpaired) electrons. The highest BCUT2D eigenvalue weighted by molar-refractivity contribution is 7.80. The molecule has 0 aliphatic carbocycles. The highest BCUT2D eigenvalue weighted by atomic mass is 32.1. The van der Waals surface area contributed by atoms with E-state index >= 15 is 0 Å². The fourth-order valence-corrected chi connectivity index (χ4v) is 2.92. The zero-order valence-corrected chi connectivity index (χ0v) is 17.5. The molecule has 0 saturated carbocycles. The molecule has 2 unspecified atom stereocenters. The molecular weight excluding hydrogens is 396 g/mol. The molecule has 0 aromatic carbocycles. The molecule has 1 aromatic heterocycles. The Hall–Kier alpha value is -2.70. The fourth-order valence-electron chi connectivity index (χ4n) is 2.27. The van der Waals surface area contributed by atoms with Gasteiger partial charge in [0.05, 0.1) is 11.4 Å². The summed E-state index contributed by atoms with van der Waals surface area (Å²) in [7, 11) is 3.18. The van der Waals surface area contributed by atoms with Gasteiger partial charge in [-0.25, -0.2) is 0 Å². The Labute approximate surface area is 175 Å². The minimum Gasteiger partial charge on any atom is -0.356 e. The lowest BCUT2D eigenvalue weighted by Crippen LogP contribution is -2.35. The highest BCUT2D eigenvalue weighted by Crippen LogP contribution is 2.31. The van der Waals surface area contributed by atoms with E-state index in [1.807, 2.05) is 12.4 Å². The zero-order chi connectivity index (χ0) is 20.8. The average Bonchev–Trinajstić information content (AvgIpc) is 2.72. The van der Waals surface area contributed by atoms with Crippen LogP contribution in [0.25, 0.3) is 0 Å². The maximum Gasteiger partial charge on any atom is 0.204 e. The minimum absolute atomic E-state index is 0.160. The van der Waals surface area contributed by atoms with Crippen molar-refractivity contribution < 1.29 is 0 Å². The monoisotopic (exact) mass is 420 g/mol. The molecular formula is C16H24N10S2. The molecule has 4 N–H and O–H groups in total. The van der Waals surface area contributed by atoms with Gasteiger partial charge in [0.15, 0.2) is 12.4 Å². The van der Waals surface area contributed by atoms with Crippen LogP contribution in [0, 0.1) is 22.9 Å². The van der Waals surface area contributed by atoms with Crippen LogP contribution in [0.4, 0.5) is 0 Å². The Morgan fingerprint density at radius 1 is 0.929 bits per heavy atom. The summed E-state index contributed by atoms with van der Waals surface area (Å²) in [4.78, 5) is 16.7. The summed E-state index contributed by atoms with van der Waals surface area (Å²) in [6.45, 7) is 1.11. The predicted molar refractivity (Wildman–Crippen MR) is 115 cm³/mol. The third-order valence-electron chi connectivity index (χ3n) is 3.60. The molecule has 0 bridgehead atoms. The number of nitriles is 2. The summed E-state index contributed by atoms with van der Waals surface area (Å²) in [5.74, 6) is 0.805. The van der Waals surface area contributed by atoms with Crippen molar-refractivity contribution in [1.82, 2.24) is 31.2 Å². The number of nitrogens with zero attached hydrogens (tertiary/aromatic N) is 6. The van der Waals surface area contributed by atoms with Gasteiger partial charge in [-0.2, -0.15) is 35.8 Å². The average molecular weight is 421 g/mol. The summed E-state index contributed by atoms with van der Waals surface area (Å²) >= 11 is 9.30. The maximum absolute atomic E-state index is 8.65. The normalized spacial score (nSPS) is 13.6. The smallest absolute Gasteiger partial charge is 0.204 e. The van der Waals surface area contributed by atoms with Gasteiger partial charge in [-0.15, -0.1) is 0 Å². The van der Waals surface area contributed by atoms with Crippen LogP contribution in [0.1, 0.15) is 34.7 Å². The molecule has 10 nitrogen and oxygen atoms in total. The Morgan fingerprint density at radius 3 is 1.64 bits per heavy atom. The first kappa shape index (κ1) is 23.3. The molecule has 150 valence electrons. The lowest BCUT2D eigenvalue weighted by Gasteiger charge is -2.18. The van der Waals surface area contributed by atoms with Gasteiger partial charge in [0.1, 0.15) is 0 Å². The minimum atomic E-state index is -0.160. The standard InChI is InChI=1S/C16H24N10S2/c1-19-15(25-9-17)23-5-3-11(27)13-14(22-8-7-21-13)12(28)4-6-24-16(20-2)26-10-18/h7-8,11-12,27-28H,3-6H2,1-2H3,(H2,19,23,25)(H2,20,24,26). The number of hydrogen-bond donors (Lipinski definition) is 6. The number of nitrogens with one attached hydrogen (secondary N) is 4. The van der Waals surface area contributed by atoms with Gasteiger partial charge >= 0.3 is 0 Å². The first-order valence-electron chi connectivity index (χ1n) is 8.45. The molecule has 0 amide bonds. The number of thiol groups is 2. The molecule has 12 heteroatoms. The number of rotatable bonds is 8. The molecule has 2 atom stereocenters. The molecule has 0 fully saturated rings. The Balaban J connectivity index is 2.65. The Morgan fingerprint density at radius 2 is 1.32 bits per heavy atom. The predicted octanol–water partition coefficient (Wildman–Crippen LogP) is 0.491. The molecule has 1 heterocycles. The number of aliphatic imine (C=N–C) groups is 2. The van der Waals surface area contributed by atoms with E-state index in [-0.39, 0.29) is 10.5 Å². The Kier molecular flexibility index (Phi) is 11.2. The SMILES string of the molecule is CN=C(NC#N)NCCC(S)c1nccnc1C(S)CCNC(=NC)NC#N. The number of aromatic nitrogens is 2. The van der Waals surface area contributed by atoms with Gasteiger partial charge in [0, 0.05) is 50.1 Å². The third-order valence-corrected chi connectivity index (χ3v) is 4.61. The molecule has 0 saturated heterocycles. The molecule has 0 spiro atoms. The van der Waals surface area contributed by atoms with Crippen molar-refractivity contribution in [3.63, 3.8) is 0 Å². The van der Waals surface area contributed by atoms with Gasteiger partial charge in [-0.1, -0.05) is 0 Å². The van der Waals surface area contributed by atoms with Crippen LogP contribution in [0.5, 0.6) is 0 Å². The van der Waals surface area contributed by atoms with Gasteiger partial charge < -0.3 is 10.6 Å². The second kappa shape index (κ2) is 13.5. The first-order valence-corrected chi connectivity index (χ1v) is 9.49. The third kappa shape index (κ3) is 7.90. The van der Waals surface area contributed by atoms with Crippen LogP contribution in [0.15, 0.2) is 22.4 Å². The van der Waals surface area contributed by atoms with E-state index in [0.717, 1.165) is 11.4 Å². The van der Waals surface area contributed by atoms with E-state index in [0.29, 0.717) is 37.9 Å². The first-order chi connectivity index (χ1) is 13.6. The fraction of sp³-hybridized carbons (Fsp3) is 0.500. The van der Waals surface area contributed by atoms with Gasteiger partial charge in [-0.3, -0.25) is 30.6 Å². The van der Waals surface area contributed by atoms with Crippen molar-refractivity contribution in [3.8, 4) is 12.4 Å². The van der Waals surface area contributed by atoms with E-state index in [4.69, 9.17) is 10.5 Å². The second-order valence-electron chi connectivity index (χ2n) is 5.41. The summed E-state index contributed by atoms with van der Waals surface area (Å²) < 4.78 is 0. The van der Waals surface area contributed by atoms with Crippen molar-refractivity contribution in [2.75, 3.05) is 27.2 Å². The zero-order valence-electron chi connectivity index (χ0n) is 15.7. The van der Waals surface area contributed by atoms with Crippen LogP contribution < -0.4 is 21.3 Å². The van der Waals surface area contributed by atoms with Crippen LogP contribution in [0.3, 0.4) is 0 Å². The van der Waals surface area contributed by atoms with E-state index in [1.165, 1.54) is 0 Å².